The van der Waals surface area contributed by atoms with Gasteiger partial charge in [0.15, 0.2) is 0 Å². The number of carbonyl (C=O) groups excluding carboxylic acids is 1. The summed E-state index contributed by atoms with van der Waals surface area (Å²) in [5, 5.41) is 14.3. The molecule has 1 amide bonds. The summed E-state index contributed by atoms with van der Waals surface area (Å²) in [6.07, 6.45) is 2.62. The highest BCUT2D eigenvalue weighted by atomic mass is 32.1. The van der Waals surface area contributed by atoms with Gasteiger partial charge in [-0.2, -0.15) is 0 Å². The van der Waals surface area contributed by atoms with Gasteiger partial charge in [-0.15, -0.1) is 11.3 Å². The average Bonchev–Trinajstić information content (AvgIpc) is 3.46. The van der Waals surface area contributed by atoms with Crippen LogP contribution in [0.1, 0.15) is 29.9 Å². The van der Waals surface area contributed by atoms with Crippen molar-refractivity contribution in [1.82, 2.24) is 20.2 Å². The van der Waals surface area contributed by atoms with Crippen molar-refractivity contribution in [2.75, 3.05) is 13.1 Å². The highest BCUT2D eigenvalue weighted by Gasteiger charge is 2.25. The summed E-state index contributed by atoms with van der Waals surface area (Å²) in [7, 11) is 0. The van der Waals surface area contributed by atoms with Crippen LogP contribution in [0.3, 0.4) is 0 Å². The Hall–Kier alpha value is -3.59. The maximum absolute atomic E-state index is 12.7. The topological polar surface area (TPSA) is 87.6 Å². The van der Waals surface area contributed by atoms with Crippen molar-refractivity contribution in [3.8, 4) is 11.3 Å². The number of aliphatic hydroxyl groups excluding tert-OH is 1. The number of carbonyl (C=O) groups is 1. The Morgan fingerprint density at radius 1 is 1.00 bits per heavy atom. The van der Waals surface area contributed by atoms with Crippen LogP contribution in [0.15, 0.2) is 90.7 Å². The van der Waals surface area contributed by atoms with Gasteiger partial charge < -0.3 is 15.2 Å². The molecule has 8 heteroatoms. The van der Waals surface area contributed by atoms with E-state index in [4.69, 9.17) is 4.74 Å². The number of hydrogen-bond donors (Lipinski definition) is 2. The minimum atomic E-state index is -0.798. The van der Waals surface area contributed by atoms with Crippen molar-refractivity contribution < 1.29 is 14.6 Å². The van der Waals surface area contributed by atoms with E-state index in [1.54, 1.807) is 17.9 Å². The largest absolute Gasteiger partial charge is 0.444 e. The summed E-state index contributed by atoms with van der Waals surface area (Å²) in [5.41, 5.74) is 5.90. The Morgan fingerprint density at radius 3 is 2.44 bits per heavy atom. The van der Waals surface area contributed by atoms with Gasteiger partial charge in [0.1, 0.15) is 6.61 Å². The Balaban J connectivity index is 1.43. The van der Waals surface area contributed by atoms with Gasteiger partial charge in [-0.05, 0) is 35.6 Å². The summed E-state index contributed by atoms with van der Waals surface area (Å²) in [6.45, 7) is 6.39. The SMILES string of the molecule is CC(C)CN(Cc1ccc(-c2ccccn2)cc1)CC(O)C(Cc1ccccc1)NC(=O)OCc1cncs1. The van der Waals surface area contributed by atoms with Crippen LogP contribution >= 0.6 is 11.3 Å². The third-order valence-electron chi connectivity index (χ3n) is 6.28. The molecule has 0 radical (unpaired) electrons. The van der Waals surface area contributed by atoms with Crippen LogP contribution in [0.4, 0.5) is 4.79 Å². The lowest BCUT2D eigenvalue weighted by molar-refractivity contribution is 0.0647. The lowest BCUT2D eigenvalue weighted by Crippen LogP contribution is -2.50. The van der Waals surface area contributed by atoms with Crippen molar-refractivity contribution in [1.29, 1.82) is 0 Å². The standard InChI is InChI=1S/C31H36N4O3S/c1-23(2)18-35(19-25-11-13-26(14-12-25)28-10-6-7-15-33-28)20-30(36)29(16-24-8-4-3-5-9-24)34-31(37)38-21-27-17-32-22-39-27/h3-15,17,22-23,29-30,36H,16,18-21H2,1-2H3,(H,34,37). The molecule has 2 aromatic heterocycles. The van der Waals surface area contributed by atoms with Crippen LogP contribution in [0.5, 0.6) is 0 Å². The van der Waals surface area contributed by atoms with E-state index < -0.39 is 18.2 Å². The van der Waals surface area contributed by atoms with Crippen molar-refractivity contribution in [2.24, 2.45) is 5.92 Å². The van der Waals surface area contributed by atoms with E-state index in [1.807, 2.05) is 48.5 Å². The molecule has 0 aliphatic carbocycles. The fourth-order valence-electron chi connectivity index (χ4n) is 4.48. The molecule has 0 bridgehead atoms. The minimum absolute atomic E-state index is 0.151. The van der Waals surface area contributed by atoms with Crippen molar-refractivity contribution >= 4 is 17.4 Å². The molecule has 0 saturated carbocycles. The smallest absolute Gasteiger partial charge is 0.407 e. The number of nitrogens with zero attached hydrogens (tertiary/aromatic N) is 3. The first-order valence-corrected chi connectivity index (χ1v) is 14.1. The van der Waals surface area contributed by atoms with Crippen LogP contribution in [0.25, 0.3) is 11.3 Å². The molecule has 0 fully saturated rings. The maximum Gasteiger partial charge on any atom is 0.407 e. The predicted octanol–water partition coefficient (Wildman–Crippen LogP) is 5.56. The van der Waals surface area contributed by atoms with E-state index in [0.717, 1.165) is 33.8 Å². The van der Waals surface area contributed by atoms with Crippen LogP contribution < -0.4 is 5.32 Å². The molecule has 0 spiro atoms. The van der Waals surface area contributed by atoms with Crippen LogP contribution in [-0.2, 0) is 24.3 Å². The Labute approximate surface area is 234 Å². The van der Waals surface area contributed by atoms with Gasteiger partial charge in [-0.25, -0.2) is 4.79 Å². The number of aliphatic hydroxyl groups is 1. The molecule has 2 aromatic carbocycles. The zero-order valence-electron chi connectivity index (χ0n) is 22.4. The normalized spacial score (nSPS) is 12.8. The van der Waals surface area contributed by atoms with Crippen molar-refractivity contribution in [3.63, 3.8) is 0 Å². The van der Waals surface area contributed by atoms with E-state index in [0.29, 0.717) is 25.4 Å². The number of hydrogen-bond acceptors (Lipinski definition) is 7. The molecule has 39 heavy (non-hydrogen) atoms. The molecule has 4 rings (SSSR count). The monoisotopic (exact) mass is 544 g/mol. The second kappa shape index (κ2) is 14.5. The number of pyridine rings is 1. The van der Waals surface area contributed by atoms with Gasteiger partial charge in [-0.3, -0.25) is 14.9 Å². The third-order valence-corrected chi connectivity index (χ3v) is 7.04. The van der Waals surface area contributed by atoms with Gasteiger partial charge in [0.05, 0.1) is 28.2 Å². The first kappa shape index (κ1) is 28.4. The molecule has 2 atom stereocenters. The minimum Gasteiger partial charge on any atom is -0.444 e. The predicted molar refractivity (Wildman–Crippen MR) is 155 cm³/mol. The summed E-state index contributed by atoms with van der Waals surface area (Å²) >= 11 is 1.43. The number of aromatic nitrogens is 2. The Kier molecular flexibility index (Phi) is 10.6. The van der Waals surface area contributed by atoms with Gasteiger partial charge in [0, 0.05) is 37.6 Å². The third kappa shape index (κ3) is 9.28. The second-order valence-corrected chi connectivity index (χ2v) is 11.0. The maximum atomic E-state index is 12.7. The summed E-state index contributed by atoms with van der Waals surface area (Å²) in [6, 6.07) is 23.6. The number of nitrogens with one attached hydrogen (secondary N) is 1. The zero-order chi connectivity index (χ0) is 27.5. The molecule has 7 nitrogen and oxygen atoms in total. The summed E-state index contributed by atoms with van der Waals surface area (Å²) in [5.74, 6) is 0.412. The lowest BCUT2D eigenvalue weighted by Gasteiger charge is -2.31. The molecule has 0 saturated heterocycles. The molecular weight excluding hydrogens is 508 g/mol. The van der Waals surface area contributed by atoms with Gasteiger partial charge in [0.25, 0.3) is 0 Å². The van der Waals surface area contributed by atoms with Gasteiger partial charge in [-0.1, -0.05) is 74.5 Å². The van der Waals surface area contributed by atoms with Crippen molar-refractivity contribution in [3.05, 3.63) is 107 Å². The highest BCUT2D eigenvalue weighted by molar-refractivity contribution is 7.09. The second-order valence-electron chi connectivity index (χ2n) is 10.1. The van der Waals surface area contributed by atoms with Crippen LogP contribution in [0, 0.1) is 5.92 Å². The van der Waals surface area contributed by atoms with E-state index >= 15 is 0 Å². The van der Waals surface area contributed by atoms with Crippen molar-refractivity contribution in [2.45, 2.75) is 45.6 Å². The zero-order valence-corrected chi connectivity index (χ0v) is 23.3. The fraction of sp³-hybridized carbons (Fsp3) is 0.323. The Morgan fingerprint density at radius 2 is 1.77 bits per heavy atom. The van der Waals surface area contributed by atoms with Gasteiger partial charge in [0.2, 0.25) is 0 Å². The number of thiazole rings is 1. The molecule has 2 heterocycles. The van der Waals surface area contributed by atoms with E-state index in [1.165, 1.54) is 11.3 Å². The molecule has 2 unspecified atom stereocenters. The molecule has 4 aromatic rings. The molecule has 0 aliphatic rings. The van der Waals surface area contributed by atoms with E-state index in [9.17, 15) is 9.90 Å². The molecular formula is C31H36N4O3S. The fourth-order valence-corrected chi connectivity index (χ4v) is 4.98. The van der Waals surface area contributed by atoms with Crippen LogP contribution in [0.2, 0.25) is 0 Å². The van der Waals surface area contributed by atoms with E-state index in [2.05, 4.69) is 58.3 Å². The number of ether oxygens (including phenoxy) is 1. The highest BCUT2D eigenvalue weighted by Crippen LogP contribution is 2.19. The molecule has 0 aliphatic heterocycles. The van der Waals surface area contributed by atoms with E-state index in [-0.39, 0.29) is 6.61 Å². The summed E-state index contributed by atoms with van der Waals surface area (Å²) in [4.78, 5) is 24.2. The lowest BCUT2D eigenvalue weighted by atomic mass is 10.00. The number of alkyl carbamates (subject to hydrolysis) is 1. The molecule has 204 valence electrons. The summed E-state index contributed by atoms with van der Waals surface area (Å²) < 4.78 is 5.41. The Bertz CT molecular complexity index is 1250. The first-order chi connectivity index (χ1) is 19.0. The quantitative estimate of drug-likeness (QED) is 0.229. The van der Waals surface area contributed by atoms with Gasteiger partial charge >= 0.3 is 6.09 Å². The number of amides is 1. The number of benzene rings is 2. The molecule has 2 N–H and O–H groups in total. The van der Waals surface area contributed by atoms with Crippen LogP contribution in [-0.4, -0.2) is 51.3 Å². The number of rotatable bonds is 13. The average molecular weight is 545 g/mol. The first-order valence-electron chi connectivity index (χ1n) is 13.2.